The number of nitrogens with zero attached hydrogens (tertiary/aromatic N) is 5. The fraction of sp³-hybridized carbons (Fsp3) is 0.333. The summed E-state index contributed by atoms with van der Waals surface area (Å²) in [6.45, 7) is 4.49. The highest BCUT2D eigenvalue weighted by Gasteiger charge is 2.27. The molecule has 0 spiro atoms. The van der Waals surface area contributed by atoms with Crippen molar-refractivity contribution in [2.45, 2.75) is 13.0 Å². The first-order valence-corrected chi connectivity index (χ1v) is 9.94. The maximum absolute atomic E-state index is 13.1. The molecule has 0 radical (unpaired) electrons. The van der Waals surface area contributed by atoms with E-state index in [1.54, 1.807) is 23.6 Å². The molecule has 9 nitrogen and oxygen atoms in total. The minimum atomic E-state index is -0.841. The molecule has 1 aromatic carbocycles. The van der Waals surface area contributed by atoms with E-state index in [9.17, 15) is 14.0 Å². The Bertz CT molecular complexity index is 1010. The molecule has 1 aliphatic heterocycles. The molecule has 3 aromatic rings. The number of amides is 3. The number of carbonyl (C=O) groups is 2. The fourth-order valence-corrected chi connectivity index (χ4v) is 4.20. The zero-order valence-electron chi connectivity index (χ0n) is 15.7. The summed E-state index contributed by atoms with van der Waals surface area (Å²) in [5.74, 6) is -0.678. The number of hydrogen-bond acceptors (Lipinski definition) is 7. The Balaban J connectivity index is 1.41. The molecule has 1 saturated heterocycles. The maximum atomic E-state index is 13.1. The van der Waals surface area contributed by atoms with Crippen LogP contribution in [0.25, 0.3) is 16.2 Å². The second kappa shape index (κ2) is 7.76. The van der Waals surface area contributed by atoms with E-state index in [2.05, 4.69) is 20.3 Å². The number of imidazole rings is 1. The quantitative estimate of drug-likeness (QED) is 0.662. The number of primary amides is 1. The van der Waals surface area contributed by atoms with Gasteiger partial charge in [0.15, 0.2) is 0 Å². The number of rotatable bonds is 4. The summed E-state index contributed by atoms with van der Waals surface area (Å²) in [6.07, 6.45) is 1.83. The van der Waals surface area contributed by atoms with Crippen molar-refractivity contribution in [1.82, 2.24) is 24.8 Å². The summed E-state index contributed by atoms with van der Waals surface area (Å²) >= 11 is 1.48. The van der Waals surface area contributed by atoms with E-state index in [1.165, 1.54) is 23.5 Å². The Morgan fingerprint density at radius 1 is 1.21 bits per heavy atom. The largest absolute Gasteiger partial charge is 0.351 e. The van der Waals surface area contributed by atoms with Gasteiger partial charge in [-0.05, 0) is 31.2 Å². The van der Waals surface area contributed by atoms with Gasteiger partial charge in [0, 0.05) is 31.7 Å². The first-order chi connectivity index (χ1) is 13.9. The Hall–Kier alpha value is -3.05. The van der Waals surface area contributed by atoms with E-state index >= 15 is 0 Å². The molecule has 1 fully saturated rings. The van der Waals surface area contributed by atoms with Gasteiger partial charge in [-0.25, -0.2) is 18.7 Å². The Morgan fingerprint density at radius 2 is 1.90 bits per heavy atom. The average molecular weight is 417 g/mol. The number of anilines is 1. The van der Waals surface area contributed by atoms with E-state index < -0.39 is 18.0 Å². The third-order valence-electron chi connectivity index (χ3n) is 4.93. The number of urea groups is 1. The minimum absolute atomic E-state index is 0.282. The first kappa shape index (κ1) is 19.3. The molecule has 29 heavy (non-hydrogen) atoms. The molecule has 4 rings (SSSR count). The smallest absolute Gasteiger partial charge is 0.318 e. The van der Waals surface area contributed by atoms with Crippen LogP contribution in [0.3, 0.4) is 0 Å². The number of aromatic nitrogens is 3. The average Bonchev–Trinajstić information content (AvgIpc) is 3.27. The number of hydrogen-bond donors (Lipinski definition) is 2. The number of nitrogens with two attached hydrogens (primary N) is 1. The number of nitrogens with one attached hydrogen (secondary N) is 1. The third-order valence-corrected chi connectivity index (χ3v) is 5.91. The molecule has 1 atom stereocenters. The highest BCUT2D eigenvalue weighted by atomic mass is 32.1. The van der Waals surface area contributed by atoms with Gasteiger partial charge in [-0.3, -0.25) is 15.0 Å². The highest BCUT2D eigenvalue weighted by molar-refractivity contribution is 7.20. The van der Waals surface area contributed by atoms with Crippen LogP contribution < -0.4 is 16.0 Å². The van der Waals surface area contributed by atoms with Crippen LogP contribution in [0.4, 0.5) is 14.3 Å². The van der Waals surface area contributed by atoms with Gasteiger partial charge in [0.05, 0.1) is 17.9 Å². The molecular weight excluding hydrogens is 397 g/mol. The lowest BCUT2D eigenvalue weighted by atomic mass is 10.2. The molecule has 0 bridgehead atoms. The van der Waals surface area contributed by atoms with E-state index in [0.717, 1.165) is 21.3 Å². The molecule has 1 aliphatic rings. The van der Waals surface area contributed by atoms with Crippen LogP contribution in [0.5, 0.6) is 0 Å². The van der Waals surface area contributed by atoms with Crippen LogP contribution in [0.15, 0.2) is 30.5 Å². The number of piperazine rings is 1. The molecule has 0 aliphatic carbocycles. The predicted octanol–water partition coefficient (Wildman–Crippen LogP) is 1.30. The SMILES string of the molecule is CC(C(=O)NC(N)=O)N1CCN(c2nn3cc(-c4ccc(F)cc4)nc3s2)CC1. The summed E-state index contributed by atoms with van der Waals surface area (Å²) < 4.78 is 14.8. The fourth-order valence-electron chi connectivity index (χ4n) is 3.27. The highest BCUT2D eigenvalue weighted by Crippen LogP contribution is 2.27. The van der Waals surface area contributed by atoms with Crippen molar-refractivity contribution in [2.75, 3.05) is 31.1 Å². The van der Waals surface area contributed by atoms with Crippen molar-refractivity contribution in [3.63, 3.8) is 0 Å². The van der Waals surface area contributed by atoms with Gasteiger partial charge in [-0.2, -0.15) is 0 Å². The van der Waals surface area contributed by atoms with Gasteiger partial charge in [0.1, 0.15) is 5.82 Å². The van der Waals surface area contributed by atoms with Crippen LogP contribution in [0.2, 0.25) is 0 Å². The summed E-state index contributed by atoms with van der Waals surface area (Å²) in [7, 11) is 0. The Kier molecular flexibility index (Phi) is 5.16. The molecule has 152 valence electrons. The van der Waals surface area contributed by atoms with Crippen molar-refractivity contribution >= 4 is 33.4 Å². The summed E-state index contributed by atoms with van der Waals surface area (Å²) in [5.41, 5.74) is 6.59. The van der Waals surface area contributed by atoms with Crippen molar-refractivity contribution in [3.05, 3.63) is 36.3 Å². The molecule has 3 heterocycles. The van der Waals surface area contributed by atoms with Gasteiger partial charge < -0.3 is 10.6 Å². The number of benzene rings is 1. The van der Waals surface area contributed by atoms with Crippen LogP contribution in [0, 0.1) is 5.82 Å². The van der Waals surface area contributed by atoms with Gasteiger partial charge in [0.2, 0.25) is 16.0 Å². The molecule has 11 heteroatoms. The first-order valence-electron chi connectivity index (χ1n) is 9.12. The number of fused-ring (bicyclic) bond motifs is 1. The third kappa shape index (κ3) is 4.05. The molecular formula is C18H20FN7O2S. The normalized spacial score (nSPS) is 16.1. The minimum Gasteiger partial charge on any atom is -0.351 e. The lowest BCUT2D eigenvalue weighted by Gasteiger charge is -2.36. The lowest BCUT2D eigenvalue weighted by Crippen LogP contribution is -2.55. The standard InChI is InChI=1S/C18H20FN7O2S/c1-11(15(27)22-16(20)28)24-6-8-25(9-7-24)18-23-26-10-14(21-17(26)29-18)12-2-4-13(19)5-3-12/h2-5,10-11H,6-9H2,1H3,(H3,20,22,27,28). The molecule has 1 unspecified atom stereocenters. The summed E-state index contributed by atoms with van der Waals surface area (Å²) in [4.78, 5) is 32.3. The van der Waals surface area contributed by atoms with Gasteiger partial charge in [0.25, 0.3) is 0 Å². The zero-order chi connectivity index (χ0) is 20.5. The van der Waals surface area contributed by atoms with E-state index in [1.807, 2.05) is 11.1 Å². The monoisotopic (exact) mass is 417 g/mol. The van der Waals surface area contributed by atoms with Crippen molar-refractivity contribution in [1.29, 1.82) is 0 Å². The summed E-state index contributed by atoms with van der Waals surface area (Å²) in [5, 5.41) is 7.58. The van der Waals surface area contributed by atoms with E-state index in [0.29, 0.717) is 26.2 Å². The van der Waals surface area contributed by atoms with Gasteiger partial charge in [-0.1, -0.05) is 11.3 Å². The molecule has 2 aromatic heterocycles. The second-order valence-electron chi connectivity index (χ2n) is 6.80. The van der Waals surface area contributed by atoms with Crippen LogP contribution >= 0.6 is 11.3 Å². The van der Waals surface area contributed by atoms with Gasteiger partial charge >= 0.3 is 6.03 Å². The maximum Gasteiger partial charge on any atom is 0.318 e. The molecule has 0 saturated carbocycles. The second-order valence-corrected chi connectivity index (χ2v) is 7.73. The van der Waals surface area contributed by atoms with Crippen LogP contribution in [-0.4, -0.2) is 63.7 Å². The van der Waals surface area contributed by atoms with Crippen molar-refractivity contribution in [2.24, 2.45) is 5.73 Å². The zero-order valence-corrected chi connectivity index (χ0v) is 16.5. The lowest BCUT2D eigenvalue weighted by molar-refractivity contribution is -0.124. The van der Waals surface area contributed by atoms with Crippen molar-refractivity contribution in [3.8, 4) is 11.3 Å². The summed E-state index contributed by atoms with van der Waals surface area (Å²) in [6, 6.07) is 4.93. The van der Waals surface area contributed by atoms with E-state index in [4.69, 9.17) is 5.73 Å². The topological polar surface area (TPSA) is 109 Å². The van der Waals surface area contributed by atoms with Crippen molar-refractivity contribution < 1.29 is 14.0 Å². The predicted molar refractivity (Wildman–Crippen MR) is 107 cm³/mol. The molecule has 3 amide bonds. The number of carbonyl (C=O) groups excluding carboxylic acids is 2. The van der Waals surface area contributed by atoms with E-state index in [-0.39, 0.29) is 5.82 Å². The number of imide groups is 1. The van der Waals surface area contributed by atoms with Crippen LogP contribution in [0.1, 0.15) is 6.92 Å². The van der Waals surface area contributed by atoms with Gasteiger partial charge in [-0.15, -0.1) is 5.10 Å². The number of halogens is 1. The van der Waals surface area contributed by atoms with Crippen LogP contribution in [-0.2, 0) is 4.79 Å². The Labute approximate surface area is 169 Å². The Morgan fingerprint density at radius 3 is 2.52 bits per heavy atom. The molecule has 3 N–H and O–H groups in total.